The van der Waals surface area contributed by atoms with E-state index in [0.29, 0.717) is 24.3 Å². The summed E-state index contributed by atoms with van der Waals surface area (Å²) in [4.78, 5) is 36.8. The van der Waals surface area contributed by atoms with Gasteiger partial charge in [0.2, 0.25) is 11.8 Å². The number of hydrogen-bond acceptors (Lipinski definition) is 6. The summed E-state index contributed by atoms with van der Waals surface area (Å²) in [6.07, 6.45) is -4.93. The predicted octanol–water partition coefficient (Wildman–Crippen LogP) is 2.09. The fraction of sp³-hybridized carbons (Fsp3) is 0.545. The van der Waals surface area contributed by atoms with Gasteiger partial charge in [0.15, 0.2) is 0 Å². The van der Waals surface area contributed by atoms with Crippen LogP contribution in [0.1, 0.15) is 30.9 Å². The van der Waals surface area contributed by atoms with Crippen LogP contribution in [0.5, 0.6) is 5.75 Å². The Morgan fingerprint density at radius 3 is 2.74 bits per heavy atom. The molecule has 2 unspecified atom stereocenters. The fourth-order valence-electron chi connectivity index (χ4n) is 4.60. The Morgan fingerprint density at radius 1 is 1.29 bits per heavy atom. The topological polar surface area (TPSA) is 117 Å². The molecule has 2 aliphatic rings. The smallest absolute Gasteiger partial charge is 0.407 e. The van der Waals surface area contributed by atoms with Gasteiger partial charge in [-0.25, -0.2) is 4.79 Å². The number of aryl methyl sites for hydroxylation is 1. The standard InChI is InChI=1S/C22H26F3N5O5/c1-28-16-11-13(3-4-14(16)19(27-28)15-5-6-18(31)26-20(15)32)35-10-2-7-29-8-9-30(21(33)34)12-17(29)22(23,24)25/h3-4,11,15,17H,2,5-10,12H2,1H3,(H,33,34)(H,26,31,32). The summed E-state index contributed by atoms with van der Waals surface area (Å²) in [7, 11) is 1.73. The lowest BCUT2D eigenvalue weighted by atomic mass is 9.93. The van der Waals surface area contributed by atoms with Crippen LogP contribution in [0.2, 0.25) is 0 Å². The maximum absolute atomic E-state index is 13.4. The van der Waals surface area contributed by atoms with Crippen molar-refractivity contribution >= 4 is 28.8 Å². The van der Waals surface area contributed by atoms with Crippen LogP contribution in [-0.2, 0) is 16.6 Å². The van der Waals surface area contributed by atoms with E-state index in [1.165, 1.54) is 4.90 Å². The van der Waals surface area contributed by atoms with E-state index in [0.717, 1.165) is 15.8 Å². The van der Waals surface area contributed by atoms with Crippen LogP contribution in [0.3, 0.4) is 0 Å². The zero-order valence-corrected chi connectivity index (χ0v) is 19.0. The van der Waals surface area contributed by atoms with E-state index in [2.05, 4.69) is 10.4 Å². The Balaban J connectivity index is 1.37. The SMILES string of the molecule is Cn1nc(C2CCC(=O)NC2=O)c2ccc(OCCCN3CCN(C(=O)O)CC3C(F)(F)F)cc21. The van der Waals surface area contributed by atoms with Crippen molar-refractivity contribution in [3.63, 3.8) is 0 Å². The molecule has 0 radical (unpaired) electrons. The van der Waals surface area contributed by atoms with Crippen molar-refractivity contribution in [3.05, 3.63) is 23.9 Å². The highest BCUT2D eigenvalue weighted by molar-refractivity contribution is 6.02. The van der Waals surface area contributed by atoms with E-state index < -0.39 is 30.8 Å². The van der Waals surface area contributed by atoms with Crippen molar-refractivity contribution < 1.29 is 37.4 Å². The third-order valence-corrected chi connectivity index (χ3v) is 6.42. The van der Waals surface area contributed by atoms with Crippen molar-refractivity contribution in [3.8, 4) is 5.75 Å². The van der Waals surface area contributed by atoms with Gasteiger partial charge in [0.1, 0.15) is 11.8 Å². The molecule has 3 amide bonds. The maximum atomic E-state index is 13.4. The lowest BCUT2D eigenvalue weighted by Crippen LogP contribution is -2.60. The minimum absolute atomic E-state index is 0.000569. The van der Waals surface area contributed by atoms with E-state index in [9.17, 15) is 27.6 Å². The number of hydrogen-bond donors (Lipinski definition) is 2. The number of fused-ring (bicyclic) bond motifs is 1. The molecule has 2 N–H and O–H groups in total. The molecule has 2 fully saturated rings. The Bertz CT molecular complexity index is 1130. The third kappa shape index (κ3) is 5.34. The number of benzene rings is 1. The van der Waals surface area contributed by atoms with Gasteiger partial charge in [-0.2, -0.15) is 18.3 Å². The zero-order valence-electron chi connectivity index (χ0n) is 19.0. The third-order valence-electron chi connectivity index (χ3n) is 6.42. The number of imide groups is 1. The molecule has 0 aliphatic carbocycles. The van der Waals surface area contributed by atoms with E-state index in [-0.39, 0.29) is 44.5 Å². The Hall–Kier alpha value is -3.35. The molecule has 2 atom stereocenters. The van der Waals surface area contributed by atoms with Gasteiger partial charge in [-0.1, -0.05) is 0 Å². The first-order chi connectivity index (χ1) is 16.5. The second-order valence-corrected chi connectivity index (χ2v) is 8.72. The van der Waals surface area contributed by atoms with Gasteiger partial charge in [-0.3, -0.25) is 24.5 Å². The van der Waals surface area contributed by atoms with Crippen molar-refractivity contribution in [2.45, 2.75) is 37.4 Å². The molecular weight excluding hydrogens is 471 g/mol. The summed E-state index contributed by atoms with van der Waals surface area (Å²) in [5.74, 6) is -0.680. The van der Waals surface area contributed by atoms with Gasteiger partial charge < -0.3 is 14.7 Å². The molecule has 3 heterocycles. The second-order valence-electron chi connectivity index (χ2n) is 8.72. The van der Waals surface area contributed by atoms with Gasteiger partial charge in [0.25, 0.3) is 0 Å². The number of carbonyl (C=O) groups excluding carboxylic acids is 2. The monoisotopic (exact) mass is 497 g/mol. The molecule has 10 nitrogen and oxygen atoms in total. The summed E-state index contributed by atoms with van der Waals surface area (Å²) in [6.45, 7) is -0.291. The van der Waals surface area contributed by atoms with Crippen molar-refractivity contribution in [1.82, 2.24) is 24.9 Å². The first kappa shape index (κ1) is 24.8. The number of nitrogens with zero attached hydrogens (tertiary/aromatic N) is 4. The van der Waals surface area contributed by atoms with Crippen LogP contribution >= 0.6 is 0 Å². The predicted molar refractivity (Wildman–Crippen MR) is 117 cm³/mol. The van der Waals surface area contributed by atoms with Crippen LogP contribution in [-0.4, -0.2) is 87.6 Å². The quantitative estimate of drug-likeness (QED) is 0.464. The molecule has 0 spiro atoms. The molecule has 1 aromatic heterocycles. The Labute approximate surface area is 198 Å². The van der Waals surface area contributed by atoms with E-state index in [1.54, 1.807) is 29.9 Å². The summed E-state index contributed by atoms with van der Waals surface area (Å²) < 4.78 is 47.7. The van der Waals surface area contributed by atoms with Gasteiger partial charge in [0.05, 0.1) is 23.7 Å². The number of ether oxygens (including phenoxy) is 1. The summed E-state index contributed by atoms with van der Waals surface area (Å²) >= 11 is 0. The second kappa shape index (κ2) is 9.72. The molecule has 1 aromatic carbocycles. The van der Waals surface area contributed by atoms with Gasteiger partial charge in [-0.15, -0.1) is 0 Å². The summed E-state index contributed by atoms with van der Waals surface area (Å²) in [5.41, 5.74) is 1.31. The van der Waals surface area contributed by atoms with Gasteiger partial charge in [0, 0.05) is 51.1 Å². The Morgan fingerprint density at radius 2 is 2.06 bits per heavy atom. The molecule has 2 aromatic rings. The van der Waals surface area contributed by atoms with Crippen LogP contribution in [0.25, 0.3) is 10.9 Å². The fourth-order valence-corrected chi connectivity index (χ4v) is 4.60. The number of carboxylic acid groups (broad SMARTS) is 1. The molecule has 4 rings (SSSR count). The van der Waals surface area contributed by atoms with Crippen LogP contribution < -0.4 is 10.1 Å². The minimum atomic E-state index is -4.53. The number of halogens is 3. The Kier molecular flexibility index (Phi) is 6.88. The number of piperazine rings is 1. The van der Waals surface area contributed by atoms with E-state index in [1.807, 2.05) is 0 Å². The average Bonchev–Trinajstić information content (AvgIpc) is 3.11. The largest absolute Gasteiger partial charge is 0.493 e. The van der Waals surface area contributed by atoms with Crippen LogP contribution in [0, 0.1) is 0 Å². The average molecular weight is 497 g/mol. The minimum Gasteiger partial charge on any atom is -0.493 e. The van der Waals surface area contributed by atoms with Gasteiger partial charge in [-0.05, 0) is 25.0 Å². The van der Waals surface area contributed by atoms with Crippen LogP contribution in [0.4, 0.5) is 18.0 Å². The number of alkyl halides is 3. The molecule has 35 heavy (non-hydrogen) atoms. The maximum Gasteiger partial charge on any atom is 0.407 e. The number of rotatable bonds is 6. The number of piperidine rings is 1. The number of amides is 3. The van der Waals surface area contributed by atoms with Crippen molar-refractivity contribution in [1.29, 1.82) is 0 Å². The van der Waals surface area contributed by atoms with Gasteiger partial charge >= 0.3 is 12.3 Å². The lowest BCUT2D eigenvalue weighted by molar-refractivity contribution is -0.195. The first-order valence-corrected chi connectivity index (χ1v) is 11.3. The molecule has 0 saturated carbocycles. The molecule has 0 bridgehead atoms. The molecule has 13 heteroatoms. The van der Waals surface area contributed by atoms with Crippen molar-refractivity contribution in [2.75, 3.05) is 32.8 Å². The normalized spacial score (nSPS) is 21.9. The van der Waals surface area contributed by atoms with E-state index >= 15 is 0 Å². The van der Waals surface area contributed by atoms with Crippen LogP contribution in [0.15, 0.2) is 18.2 Å². The van der Waals surface area contributed by atoms with Crippen molar-refractivity contribution in [2.24, 2.45) is 7.05 Å². The molecule has 2 saturated heterocycles. The highest BCUT2D eigenvalue weighted by Gasteiger charge is 2.47. The summed E-state index contributed by atoms with van der Waals surface area (Å²) in [6, 6.07) is 3.40. The number of aromatic nitrogens is 2. The highest BCUT2D eigenvalue weighted by Crippen LogP contribution is 2.32. The zero-order chi connectivity index (χ0) is 25.3. The molecule has 2 aliphatic heterocycles. The first-order valence-electron chi connectivity index (χ1n) is 11.3. The summed E-state index contributed by atoms with van der Waals surface area (Å²) in [5, 5.41) is 16.6. The van der Waals surface area contributed by atoms with E-state index in [4.69, 9.17) is 9.84 Å². The lowest BCUT2D eigenvalue weighted by Gasteiger charge is -2.40. The highest BCUT2D eigenvalue weighted by atomic mass is 19.4. The molecule has 190 valence electrons. The number of nitrogens with one attached hydrogen (secondary N) is 1. The molecular formula is C22H26F3N5O5. The number of carbonyl (C=O) groups is 3.